The van der Waals surface area contributed by atoms with E-state index in [9.17, 15) is 36.4 Å². The van der Waals surface area contributed by atoms with Crippen LogP contribution in [0.15, 0.2) is 47.4 Å². The second-order valence-electron chi connectivity index (χ2n) is 9.07. The first-order valence-corrected chi connectivity index (χ1v) is 13.7. The van der Waals surface area contributed by atoms with Crippen LogP contribution in [-0.4, -0.2) is 61.5 Å². The molecule has 0 unspecified atom stereocenters. The molecular weight excluding hydrogens is 586 g/mol. The van der Waals surface area contributed by atoms with Gasteiger partial charge in [-0.3, -0.25) is 9.69 Å². The largest absolute Gasteiger partial charge is 0.484 e. The van der Waals surface area contributed by atoms with E-state index in [0.717, 1.165) is 23.1 Å². The zero-order chi connectivity index (χ0) is 28.6. The first kappa shape index (κ1) is 28.8. The molecule has 0 spiro atoms. The number of nitriles is 1. The molecule has 1 N–H and O–H groups in total. The van der Waals surface area contributed by atoms with Gasteiger partial charge in [0.15, 0.2) is 16.4 Å². The van der Waals surface area contributed by atoms with Crippen LogP contribution in [0.25, 0.3) is 0 Å². The molecular formula is C24H20Cl2F3N3O6S. The third-order valence-corrected chi connectivity index (χ3v) is 9.06. The Morgan fingerprint density at radius 3 is 2.33 bits per heavy atom. The third-order valence-electron chi connectivity index (χ3n) is 6.20. The molecule has 2 aromatic rings. The van der Waals surface area contributed by atoms with E-state index in [1.165, 1.54) is 24.3 Å². The highest BCUT2D eigenvalue weighted by molar-refractivity contribution is 7.92. The minimum absolute atomic E-state index is 0.100. The average molecular weight is 606 g/mol. The molecule has 1 heterocycles. The SMILES string of the molecule is N#CC1(NC(=O)[C@@H]2C[C@@H](S(=O)(=O)c3ccc(OCC(F)(F)F)cc3Cl)CN2C(=O)Oc2ccc(Cl)cc2)CC1. The third kappa shape index (κ3) is 6.69. The molecule has 0 bridgehead atoms. The molecule has 9 nitrogen and oxygen atoms in total. The van der Waals surface area contributed by atoms with Crippen LogP contribution in [-0.2, 0) is 14.6 Å². The monoisotopic (exact) mass is 605 g/mol. The van der Waals surface area contributed by atoms with Crippen molar-refractivity contribution < 1.29 is 40.7 Å². The average Bonchev–Trinajstić information content (AvgIpc) is 3.48. The maximum absolute atomic E-state index is 13.5. The minimum Gasteiger partial charge on any atom is -0.484 e. The number of halogens is 5. The fourth-order valence-electron chi connectivity index (χ4n) is 3.99. The molecule has 2 amide bonds. The maximum atomic E-state index is 13.5. The van der Waals surface area contributed by atoms with Crippen LogP contribution >= 0.6 is 23.2 Å². The number of hydrogen-bond acceptors (Lipinski definition) is 7. The Bertz CT molecular complexity index is 1430. The van der Waals surface area contributed by atoms with Crippen molar-refractivity contribution >= 4 is 45.0 Å². The van der Waals surface area contributed by atoms with Gasteiger partial charge in [0.25, 0.3) is 0 Å². The molecule has 2 fully saturated rings. The molecule has 2 aromatic carbocycles. The van der Waals surface area contributed by atoms with Crippen LogP contribution in [0.4, 0.5) is 18.0 Å². The molecule has 1 aliphatic carbocycles. The summed E-state index contributed by atoms with van der Waals surface area (Å²) in [5.41, 5.74) is -1.07. The Morgan fingerprint density at radius 2 is 1.77 bits per heavy atom. The Hall–Kier alpha value is -3.21. The predicted octanol–water partition coefficient (Wildman–Crippen LogP) is 4.52. The number of ether oxygens (including phenoxy) is 2. The van der Waals surface area contributed by atoms with Gasteiger partial charge in [0, 0.05) is 17.6 Å². The lowest BCUT2D eigenvalue weighted by Gasteiger charge is -2.24. The Morgan fingerprint density at radius 1 is 1.13 bits per heavy atom. The lowest BCUT2D eigenvalue weighted by molar-refractivity contribution is -0.153. The number of sulfone groups is 1. The summed E-state index contributed by atoms with van der Waals surface area (Å²) in [7, 11) is -4.30. The van der Waals surface area contributed by atoms with Gasteiger partial charge in [0.2, 0.25) is 5.91 Å². The molecule has 0 aromatic heterocycles. The number of rotatable bonds is 7. The van der Waals surface area contributed by atoms with Gasteiger partial charge in [-0.05, 0) is 55.7 Å². The Labute approximate surface area is 231 Å². The zero-order valence-corrected chi connectivity index (χ0v) is 22.2. The standard InChI is InChI=1S/C24H20Cl2F3N3O6S/c25-14-1-3-15(4-2-14)38-22(34)32-11-17(10-19(32)21(33)31-23(12-30)7-8-23)39(35,36)20-6-5-16(9-18(20)26)37-13-24(27,28)29/h1-6,9,17,19H,7-8,10-11,13H2,(H,31,33)/t17-,19+/m1/s1. The lowest BCUT2D eigenvalue weighted by atomic mass is 10.2. The van der Waals surface area contributed by atoms with Crippen LogP contribution in [0.2, 0.25) is 10.0 Å². The van der Waals surface area contributed by atoms with E-state index >= 15 is 0 Å². The summed E-state index contributed by atoms with van der Waals surface area (Å²) in [4.78, 5) is 26.7. The molecule has 208 valence electrons. The smallest absolute Gasteiger partial charge is 0.422 e. The summed E-state index contributed by atoms with van der Waals surface area (Å²) in [6, 6.07) is 9.45. The lowest BCUT2D eigenvalue weighted by Crippen LogP contribution is -2.50. The van der Waals surface area contributed by atoms with E-state index in [2.05, 4.69) is 10.1 Å². The Kier molecular flexibility index (Phi) is 7.93. The van der Waals surface area contributed by atoms with Crippen LogP contribution in [0, 0.1) is 11.3 Å². The first-order valence-electron chi connectivity index (χ1n) is 11.4. The van der Waals surface area contributed by atoms with Crippen molar-refractivity contribution in [2.45, 2.75) is 47.2 Å². The van der Waals surface area contributed by atoms with E-state index in [4.69, 9.17) is 27.9 Å². The van der Waals surface area contributed by atoms with Gasteiger partial charge in [-0.25, -0.2) is 13.2 Å². The molecule has 1 saturated heterocycles. The van der Waals surface area contributed by atoms with Gasteiger partial charge in [-0.1, -0.05) is 23.2 Å². The minimum atomic E-state index is -4.61. The molecule has 2 atom stereocenters. The molecule has 2 aliphatic rings. The number of hydrogen-bond donors (Lipinski definition) is 1. The number of carbonyl (C=O) groups is 2. The van der Waals surface area contributed by atoms with Crippen molar-refractivity contribution in [1.82, 2.24) is 10.2 Å². The van der Waals surface area contributed by atoms with E-state index in [0.29, 0.717) is 17.9 Å². The molecule has 4 rings (SSSR count). The predicted molar refractivity (Wildman–Crippen MR) is 132 cm³/mol. The topological polar surface area (TPSA) is 126 Å². The molecule has 15 heteroatoms. The highest BCUT2D eigenvalue weighted by atomic mass is 35.5. The fraction of sp³-hybridized carbons (Fsp3) is 0.375. The van der Waals surface area contributed by atoms with Crippen molar-refractivity contribution in [2.75, 3.05) is 13.2 Å². The number of nitrogens with one attached hydrogen (secondary N) is 1. The second-order valence-corrected chi connectivity index (χ2v) is 12.1. The summed E-state index contributed by atoms with van der Waals surface area (Å²) in [5.74, 6) is -0.913. The van der Waals surface area contributed by atoms with Crippen molar-refractivity contribution in [1.29, 1.82) is 5.26 Å². The van der Waals surface area contributed by atoms with Crippen LogP contribution in [0.1, 0.15) is 19.3 Å². The maximum Gasteiger partial charge on any atom is 0.422 e. The van der Waals surface area contributed by atoms with Gasteiger partial charge in [0.1, 0.15) is 23.1 Å². The second kappa shape index (κ2) is 10.7. The fourth-order valence-corrected chi connectivity index (χ4v) is 6.35. The van der Waals surface area contributed by atoms with E-state index in [1.54, 1.807) is 0 Å². The quantitative estimate of drug-likeness (QED) is 0.491. The number of nitrogens with zero attached hydrogens (tertiary/aromatic N) is 2. The first-order chi connectivity index (χ1) is 18.2. The molecule has 0 radical (unpaired) electrons. The highest BCUT2D eigenvalue weighted by Crippen LogP contribution is 2.37. The highest BCUT2D eigenvalue weighted by Gasteiger charge is 2.51. The zero-order valence-electron chi connectivity index (χ0n) is 19.9. The number of alkyl halides is 3. The molecule has 1 aliphatic heterocycles. The van der Waals surface area contributed by atoms with Gasteiger partial charge < -0.3 is 14.8 Å². The van der Waals surface area contributed by atoms with Crippen molar-refractivity contribution in [3.63, 3.8) is 0 Å². The van der Waals surface area contributed by atoms with Crippen molar-refractivity contribution in [3.05, 3.63) is 52.5 Å². The summed E-state index contributed by atoms with van der Waals surface area (Å²) in [5, 5.41) is 10.6. The van der Waals surface area contributed by atoms with Gasteiger partial charge in [-0.15, -0.1) is 0 Å². The summed E-state index contributed by atoms with van der Waals surface area (Å²) >= 11 is 11.9. The van der Waals surface area contributed by atoms with Crippen LogP contribution < -0.4 is 14.8 Å². The van der Waals surface area contributed by atoms with Crippen molar-refractivity contribution in [3.8, 4) is 17.6 Å². The molecule has 39 heavy (non-hydrogen) atoms. The van der Waals surface area contributed by atoms with E-state index in [-0.39, 0.29) is 22.9 Å². The van der Waals surface area contributed by atoms with Crippen LogP contribution in [0.5, 0.6) is 11.5 Å². The summed E-state index contributed by atoms with van der Waals surface area (Å²) in [6.45, 7) is -2.04. The number of likely N-dealkylation sites (tertiary alicyclic amines) is 1. The van der Waals surface area contributed by atoms with Gasteiger partial charge in [0.05, 0.1) is 21.2 Å². The normalized spacial score (nSPS) is 20.2. The van der Waals surface area contributed by atoms with E-state index < -0.39 is 62.9 Å². The van der Waals surface area contributed by atoms with Gasteiger partial charge >= 0.3 is 12.3 Å². The number of amides is 2. The van der Waals surface area contributed by atoms with Crippen molar-refractivity contribution in [2.24, 2.45) is 0 Å². The Balaban J connectivity index is 1.57. The van der Waals surface area contributed by atoms with E-state index in [1.807, 2.05) is 6.07 Å². The summed E-state index contributed by atoms with van der Waals surface area (Å²) in [6.07, 6.45) is -5.12. The molecule has 1 saturated carbocycles. The number of carbonyl (C=O) groups excluding carboxylic acids is 2. The van der Waals surface area contributed by atoms with Gasteiger partial charge in [-0.2, -0.15) is 18.4 Å². The number of benzene rings is 2. The summed E-state index contributed by atoms with van der Waals surface area (Å²) < 4.78 is 74.3. The van der Waals surface area contributed by atoms with Crippen LogP contribution in [0.3, 0.4) is 0 Å².